The van der Waals surface area contributed by atoms with E-state index in [0.717, 1.165) is 12.3 Å². The molecule has 0 amide bonds. The first-order chi connectivity index (χ1) is 6.22. The van der Waals surface area contributed by atoms with Crippen molar-refractivity contribution in [2.75, 3.05) is 7.11 Å². The highest BCUT2D eigenvalue weighted by Crippen LogP contribution is 2.28. The van der Waals surface area contributed by atoms with Gasteiger partial charge in [0.05, 0.1) is 6.10 Å². The van der Waals surface area contributed by atoms with Crippen LogP contribution in [0.3, 0.4) is 0 Å². The first-order valence-electron chi connectivity index (χ1n) is 5.50. The van der Waals surface area contributed by atoms with Crippen molar-refractivity contribution in [3.63, 3.8) is 0 Å². The summed E-state index contributed by atoms with van der Waals surface area (Å²) in [5, 5.41) is 0. The molecule has 0 saturated heterocycles. The van der Waals surface area contributed by atoms with Crippen molar-refractivity contribution < 1.29 is 4.74 Å². The lowest BCUT2D eigenvalue weighted by atomic mass is 9.96. The van der Waals surface area contributed by atoms with Crippen molar-refractivity contribution in [2.45, 2.75) is 57.6 Å². The lowest BCUT2D eigenvalue weighted by Crippen LogP contribution is -2.27. The van der Waals surface area contributed by atoms with E-state index in [1.807, 2.05) is 0 Å². The summed E-state index contributed by atoms with van der Waals surface area (Å²) in [7, 11) is 1.76. The second-order valence-corrected chi connectivity index (χ2v) is 4.43. The summed E-state index contributed by atoms with van der Waals surface area (Å²) in [6.07, 6.45) is 8.15. The average molecular weight is 185 g/mol. The Balaban J connectivity index is 2.12. The Bertz CT molecular complexity index is 132. The van der Waals surface area contributed by atoms with Crippen LogP contribution in [-0.2, 0) is 4.74 Å². The number of methoxy groups -OCH3 is 1. The van der Waals surface area contributed by atoms with Crippen LogP contribution in [0.4, 0.5) is 0 Å². The van der Waals surface area contributed by atoms with Gasteiger partial charge in [-0.05, 0) is 25.7 Å². The van der Waals surface area contributed by atoms with E-state index in [1.54, 1.807) is 7.11 Å². The molecule has 0 aromatic carbocycles. The third kappa shape index (κ3) is 4.10. The van der Waals surface area contributed by atoms with Gasteiger partial charge in [0.15, 0.2) is 0 Å². The largest absolute Gasteiger partial charge is 0.382 e. The number of rotatable bonds is 5. The second-order valence-electron chi connectivity index (χ2n) is 4.43. The van der Waals surface area contributed by atoms with Crippen LogP contribution in [0.1, 0.15) is 45.4 Å². The predicted molar refractivity (Wildman–Crippen MR) is 55.6 cm³/mol. The zero-order valence-corrected chi connectivity index (χ0v) is 8.96. The minimum absolute atomic E-state index is 0.316. The molecule has 2 atom stereocenters. The minimum Gasteiger partial charge on any atom is -0.382 e. The summed E-state index contributed by atoms with van der Waals surface area (Å²) in [5.41, 5.74) is 6.05. The zero-order chi connectivity index (χ0) is 9.68. The van der Waals surface area contributed by atoms with Crippen molar-refractivity contribution in [1.82, 2.24) is 0 Å². The van der Waals surface area contributed by atoms with Gasteiger partial charge in [0.1, 0.15) is 0 Å². The highest BCUT2D eigenvalue weighted by Gasteiger charge is 2.19. The lowest BCUT2D eigenvalue weighted by Gasteiger charge is -2.19. The topological polar surface area (TPSA) is 35.2 Å². The fourth-order valence-electron chi connectivity index (χ4n) is 2.29. The van der Waals surface area contributed by atoms with E-state index >= 15 is 0 Å². The van der Waals surface area contributed by atoms with Crippen molar-refractivity contribution in [1.29, 1.82) is 0 Å². The molecule has 0 heterocycles. The Hall–Kier alpha value is -0.0800. The van der Waals surface area contributed by atoms with E-state index in [2.05, 4.69) is 6.92 Å². The van der Waals surface area contributed by atoms with Gasteiger partial charge < -0.3 is 10.5 Å². The molecule has 0 aromatic heterocycles. The quantitative estimate of drug-likeness (QED) is 0.713. The van der Waals surface area contributed by atoms with Gasteiger partial charge in [-0.1, -0.05) is 25.7 Å². The molecule has 1 aliphatic carbocycles. The molecular formula is C11H23NO. The Morgan fingerprint density at radius 1 is 1.38 bits per heavy atom. The van der Waals surface area contributed by atoms with Crippen LogP contribution in [0.2, 0.25) is 0 Å². The SMILES string of the molecule is COC(C)CC(N)CC1CCCC1. The van der Waals surface area contributed by atoms with Crippen LogP contribution in [0.25, 0.3) is 0 Å². The Morgan fingerprint density at radius 2 is 2.00 bits per heavy atom. The molecule has 2 N–H and O–H groups in total. The first kappa shape index (κ1) is 11.0. The van der Waals surface area contributed by atoms with E-state index < -0.39 is 0 Å². The van der Waals surface area contributed by atoms with Crippen LogP contribution in [0.5, 0.6) is 0 Å². The monoisotopic (exact) mass is 185 g/mol. The van der Waals surface area contributed by atoms with Gasteiger partial charge in [0, 0.05) is 13.2 Å². The molecule has 2 nitrogen and oxygen atoms in total. The van der Waals surface area contributed by atoms with Crippen LogP contribution in [0.15, 0.2) is 0 Å². The van der Waals surface area contributed by atoms with Gasteiger partial charge in [-0.15, -0.1) is 0 Å². The smallest absolute Gasteiger partial charge is 0.0558 e. The molecule has 0 radical (unpaired) electrons. The molecule has 1 rings (SSSR count). The van der Waals surface area contributed by atoms with Crippen molar-refractivity contribution in [3.8, 4) is 0 Å². The van der Waals surface area contributed by atoms with Crippen molar-refractivity contribution >= 4 is 0 Å². The van der Waals surface area contributed by atoms with E-state index in [1.165, 1.54) is 32.1 Å². The van der Waals surface area contributed by atoms with Crippen LogP contribution in [0, 0.1) is 5.92 Å². The maximum absolute atomic E-state index is 6.05. The molecule has 0 aromatic rings. The van der Waals surface area contributed by atoms with Gasteiger partial charge in [0.25, 0.3) is 0 Å². The molecule has 13 heavy (non-hydrogen) atoms. The number of ether oxygens (including phenoxy) is 1. The Labute approximate surface area is 81.8 Å². The van der Waals surface area contributed by atoms with Crippen LogP contribution >= 0.6 is 0 Å². The van der Waals surface area contributed by atoms with Crippen molar-refractivity contribution in [3.05, 3.63) is 0 Å². The molecular weight excluding hydrogens is 162 g/mol. The molecule has 78 valence electrons. The fraction of sp³-hybridized carbons (Fsp3) is 1.00. The fourth-order valence-corrected chi connectivity index (χ4v) is 2.29. The van der Waals surface area contributed by atoms with Gasteiger partial charge in [-0.2, -0.15) is 0 Å². The van der Waals surface area contributed by atoms with E-state index in [0.29, 0.717) is 12.1 Å². The summed E-state index contributed by atoms with van der Waals surface area (Å²) >= 11 is 0. The predicted octanol–water partition coefficient (Wildman–Crippen LogP) is 2.32. The van der Waals surface area contributed by atoms with Gasteiger partial charge in [-0.3, -0.25) is 0 Å². The third-order valence-electron chi connectivity index (χ3n) is 3.15. The summed E-state index contributed by atoms with van der Waals surface area (Å²) < 4.78 is 5.21. The molecule has 1 fully saturated rings. The van der Waals surface area contributed by atoms with Crippen molar-refractivity contribution in [2.24, 2.45) is 11.7 Å². The maximum Gasteiger partial charge on any atom is 0.0558 e. The maximum atomic E-state index is 6.05. The molecule has 1 saturated carbocycles. The molecule has 1 aliphatic rings. The van der Waals surface area contributed by atoms with E-state index in [9.17, 15) is 0 Å². The molecule has 2 unspecified atom stereocenters. The highest BCUT2D eigenvalue weighted by atomic mass is 16.5. The standard InChI is InChI=1S/C11H23NO/c1-9(13-2)7-11(12)8-10-5-3-4-6-10/h9-11H,3-8,12H2,1-2H3. The zero-order valence-electron chi connectivity index (χ0n) is 8.96. The Morgan fingerprint density at radius 3 is 2.54 bits per heavy atom. The van der Waals surface area contributed by atoms with Gasteiger partial charge in [-0.25, -0.2) is 0 Å². The van der Waals surface area contributed by atoms with Gasteiger partial charge in [0.2, 0.25) is 0 Å². The number of nitrogens with two attached hydrogens (primary N) is 1. The summed E-state index contributed by atoms with van der Waals surface area (Å²) in [6, 6.07) is 0.345. The van der Waals surface area contributed by atoms with Gasteiger partial charge >= 0.3 is 0 Å². The van der Waals surface area contributed by atoms with E-state index in [4.69, 9.17) is 10.5 Å². The van der Waals surface area contributed by atoms with E-state index in [-0.39, 0.29) is 0 Å². The lowest BCUT2D eigenvalue weighted by molar-refractivity contribution is 0.102. The second kappa shape index (κ2) is 5.61. The summed E-state index contributed by atoms with van der Waals surface area (Å²) in [5.74, 6) is 0.902. The van der Waals surface area contributed by atoms with Crippen LogP contribution < -0.4 is 5.73 Å². The molecule has 2 heteroatoms. The average Bonchev–Trinajstić information content (AvgIpc) is 2.56. The Kier molecular flexibility index (Phi) is 4.74. The number of hydrogen-bond donors (Lipinski definition) is 1. The normalized spacial score (nSPS) is 23.3. The summed E-state index contributed by atoms with van der Waals surface area (Å²) in [6.45, 7) is 2.09. The molecule has 0 bridgehead atoms. The number of hydrogen-bond acceptors (Lipinski definition) is 2. The first-order valence-corrected chi connectivity index (χ1v) is 5.50. The third-order valence-corrected chi connectivity index (χ3v) is 3.15. The highest BCUT2D eigenvalue weighted by molar-refractivity contribution is 4.74. The van der Waals surface area contributed by atoms with Crippen LogP contribution in [-0.4, -0.2) is 19.3 Å². The summed E-state index contributed by atoms with van der Waals surface area (Å²) in [4.78, 5) is 0. The minimum atomic E-state index is 0.316. The molecule has 0 spiro atoms. The molecule has 0 aliphatic heterocycles.